The summed E-state index contributed by atoms with van der Waals surface area (Å²) in [5.74, 6) is 0.970. The van der Waals surface area contributed by atoms with Crippen molar-refractivity contribution in [3.63, 3.8) is 0 Å². The molecule has 27 heavy (non-hydrogen) atoms. The first-order chi connectivity index (χ1) is 13.0. The Morgan fingerprint density at radius 2 is 1.70 bits per heavy atom. The summed E-state index contributed by atoms with van der Waals surface area (Å²) in [5, 5.41) is 3.03. The van der Waals surface area contributed by atoms with Gasteiger partial charge >= 0.3 is 0 Å². The van der Waals surface area contributed by atoms with Gasteiger partial charge in [0.15, 0.2) is 0 Å². The highest BCUT2D eigenvalue weighted by molar-refractivity contribution is 7.89. The molecule has 5 nitrogen and oxygen atoms in total. The van der Waals surface area contributed by atoms with Crippen LogP contribution in [0.4, 0.5) is 0 Å². The molecule has 1 aliphatic carbocycles. The Morgan fingerprint density at radius 1 is 1.07 bits per heavy atom. The van der Waals surface area contributed by atoms with E-state index < -0.39 is 10.0 Å². The Kier molecular flexibility index (Phi) is 6.93. The lowest BCUT2D eigenvalue weighted by Crippen LogP contribution is -2.40. The Balaban J connectivity index is 1.41. The highest BCUT2D eigenvalue weighted by Gasteiger charge is 2.27. The Bertz CT molecular complexity index is 718. The number of aryl methyl sites for hydroxylation is 1. The minimum Gasteiger partial charge on any atom is -0.353 e. The standard InChI is InChI=1S/C21H32N2O3S/c1-2-15-27(25,26)23-13-11-19(12-14-23)16-18-5-3-17(4-6-18)7-10-21(24)22-20-8-9-20/h3-6,19-20H,2,7-16H2,1H3,(H,22,24). The maximum atomic E-state index is 12.2. The van der Waals surface area contributed by atoms with E-state index in [9.17, 15) is 13.2 Å². The zero-order chi connectivity index (χ0) is 19.3. The Labute approximate surface area is 163 Å². The Morgan fingerprint density at radius 3 is 2.30 bits per heavy atom. The topological polar surface area (TPSA) is 66.5 Å². The fourth-order valence-corrected chi connectivity index (χ4v) is 5.28. The lowest BCUT2D eigenvalue weighted by atomic mass is 9.90. The number of benzene rings is 1. The van der Waals surface area contributed by atoms with E-state index in [0.29, 0.717) is 37.9 Å². The Hall–Kier alpha value is -1.40. The van der Waals surface area contributed by atoms with Crippen LogP contribution in [0, 0.1) is 5.92 Å². The van der Waals surface area contributed by atoms with E-state index in [2.05, 4.69) is 29.6 Å². The average molecular weight is 393 g/mol. The zero-order valence-electron chi connectivity index (χ0n) is 16.3. The third-order valence-electron chi connectivity index (χ3n) is 5.56. The molecule has 1 aromatic rings. The minimum atomic E-state index is -3.05. The van der Waals surface area contributed by atoms with Crippen molar-refractivity contribution in [1.82, 2.24) is 9.62 Å². The first-order valence-corrected chi connectivity index (χ1v) is 11.9. The van der Waals surface area contributed by atoms with Crippen LogP contribution in [-0.4, -0.2) is 43.5 Å². The molecule has 1 heterocycles. The van der Waals surface area contributed by atoms with Crippen LogP contribution in [0.1, 0.15) is 56.6 Å². The van der Waals surface area contributed by atoms with Gasteiger partial charge in [-0.15, -0.1) is 0 Å². The highest BCUT2D eigenvalue weighted by Crippen LogP contribution is 2.24. The van der Waals surface area contributed by atoms with E-state index in [-0.39, 0.29) is 11.7 Å². The van der Waals surface area contributed by atoms with Gasteiger partial charge in [0.25, 0.3) is 0 Å². The maximum absolute atomic E-state index is 12.2. The van der Waals surface area contributed by atoms with Gasteiger partial charge in [-0.05, 0) is 62.0 Å². The van der Waals surface area contributed by atoms with Gasteiger partial charge in [-0.1, -0.05) is 31.2 Å². The molecule has 3 rings (SSSR count). The second kappa shape index (κ2) is 9.20. The largest absolute Gasteiger partial charge is 0.353 e. The molecule has 2 aliphatic rings. The van der Waals surface area contributed by atoms with Crippen molar-refractivity contribution < 1.29 is 13.2 Å². The monoisotopic (exact) mass is 392 g/mol. The molecule has 0 aromatic heterocycles. The van der Waals surface area contributed by atoms with Crippen LogP contribution in [-0.2, 0) is 27.7 Å². The lowest BCUT2D eigenvalue weighted by molar-refractivity contribution is -0.121. The van der Waals surface area contributed by atoms with Gasteiger partial charge in [-0.25, -0.2) is 12.7 Å². The van der Waals surface area contributed by atoms with Gasteiger partial charge in [0.2, 0.25) is 15.9 Å². The van der Waals surface area contributed by atoms with Gasteiger partial charge in [-0.3, -0.25) is 4.79 Å². The summed E-state index contributed by atoms with van der Waals surface area (Å²) in [6.45, 7) is 3.22. The van der Waals surface area contributed by atoms with Gasteiger partial charge in [-0.2, -0.15) is 0 Å². The van der Waals surface area contributed by atoms with Gasteiger partial charge in [0, 0.05) is 25.6 Å². The molecule has 1 aliphatic heterocycles. The number of rotatable bonds is 9. The summed E-state index contributed by atoms with van der Waals surface area (Å²) in [4.78, 5) is 11.8. The van der Waals surface area contributed by atoms with Crippen molar-refractivity contribution >= 4 is 15.9 Å². The number of carbonyl (C=O) groups excluding carboxylic acids is 1. The molecule has 1 saturated heterocycles. The first-order valence-electron chi connectivity index (χ1n) is 10.3. The molecule has 1 saturated carbocycles. The van der Waals surface area contributed by atoms with Gasteiger partial charge in [0.05, 0.1) is 5.75 Å². The van der Waals surface area contributed by atoms with E-state index in [0.717, 1.165) is 38.5 Å². The molecule has 0 unspecified atom stereocenters. The molecule has 0 bridgehead atoms. The highest BCUT2D eigenvalue weighted by atomic mass is 32.2. The lowest BCUT2D eigenvalue weighted by Gasteiger charge is -2.31. The van der Waals surface area contributed by atoms with Gasteiger partial charge < -0.3 is 5.32 Å². The smallest absolute Gasteiger partial charge is 0.220 e. The van der Waals surface area contributed by atoms with E-state index in [4.69, 9.17) is 0 Å². The quantitative estimate of drug-likeness (QED) is 0.703. The van der Waals surface area contributed by atoms with Crippen molar-refractivity contribution in [3.8, 4) is 0 Å². The molecule has 150 valence electrons. The molecule has 0 radical (unpaired) electrons. The van der Waals surface area contributed by atoms with Crippen LogP contribution in [0.5, 0.6) is 0 Å². The van der Waals surface area contributed by atoms with Crippen molar-refractivity contribution in [3.05, 3.63) is 35.4 Å². The molecule has 1 amide bonds. The van der Waals surface area contributed by atoms with Crippen LogP contribution in [0.2, 0.25) is 0 Å². The molecule has 2 fully saturated rings. The van der Waals surface area contributed by atoms with Crippen LogP contribution in [0.25, 0.3) is 0 Å². The number of hydrogen-bond acceptors (Lipinski definition) is 3. The fourth-order valence-electron chi connectivity index (χ4n) is 3.74. The average Bonchev–Trinajstić information content (AvgIpc) is 3.45. The number of nitrogens with one attached hydrogen (secondary N) is 1. The number of hydrogen-bond donors (Lipinski definition) is 1. The van der Waals surface area contributed by atoms with Crippen molar-refractivity contribution in [2.45, 2.75) is 64.3 Å². The fraction of sp³-hybridized carbons (Fsp3) is 0.667. The SMILES string of the molecule is CCCS(=O)(=O)N1CCC(Cc2ccc(CCC(=O)NC3CC3)cc2)CC1. The van der Waals surface area contributed by atoms with Crippen LogP contribution in [0.15, 0.2) is 24.3 Å². The predicted molar refractivity (Wildman–Crippen MR) is 108 cm³/mol. The second-order valence-corrected chi connectivity index (χ2v) is 10.1. The molecule has 6 heteroatoms. The molecular formula is C21H32N2O3S. The molecular weight excluding hydrogens is 360 g/mol. The van der Waals surface area contributed by atoms with Crippen LogP contribution < -0.4 is 5.32 Å². The van der Waals surface area contributed by atoms with Crippen molar-refractivity contribution in [1.29, 1.82) is 0 Å². The third-order valence-corrected chi connectivity index (χ3v) is 7.64. The molecule has 0 atom stereocenters. The summed E-state index contributed by atoms with van der Waals surface area (Å²) >= 11 is 0. The summed E-state index contributed by atoms with van der Waals surface area (Å²) in [6.07, 6.45) is 7.15. The molecule has 1 aromatic carbocycles. The van der Waals surface area contributed by atoms with E-state index in [1.54, 1.807) is 4.31 Å². The maximum Gasteiger partial charge on any atom is 0.220 e. The molecule has 0 spiro atoms. The predicted octanol–water partition coefficient (Wildman–Crippen LogP) is 2.89. The number of amides is 1. The van der Waals surface area contributed by atoms with E-state index in [1.165, 1.54) is 11.1 Å². The molecule has 1 N–H and O–H groups in total. The minimum absolute atomic E-state index is 0.159. The van der Waals surface area contributed by atoms with E-state index >= 15 is 0 Å². The van der Waals surface area contributed by atoms with Crippen molar-refractivity contribution in [2.24, 2.45) is 5.92 Å². The van der Waals surface area contributed by atoms with E-state index in [1.807, 2.05) is 6.92 Å². The van der Waals surface area contributed by atoms with Crippen molar-refractivity contribution in [2.75, 3.05) is 18.8 Å². The summed E-state index contributed by atoms with van der Waals surface area (Å²) in [5.41, 5.74) is 2.50. The van der Waals surface area contributed by atoms with Crippen LogP contribution in [0.3, 0.4) is 0 Å². The number of sulfonamides is 1. The number of carbonyl (C=O) groups is 1. The summed E-state index contributed by atoms with van der Waals surface area (Å²) < 4.78 is 26.0. The third kappa shape index (κ3) is 6.32. The normalized spacial score (nSPS) is 19.1. The zero-order valence-corrected chi connectivity index (χ0v) is 17.1. The van der Waals surface area contributed by atoms with Crippen LogP contribution >= 0.6 is 0 Å². The first kappa shape index (κ1) is 20.3. The van der Waals surface area contributed by atoms with Gasteiger partial charge in [0.1, 0.15) is 0 Å². The second-order valence-electron chi connectivity index (χ2n) is 8.02. The summed E-state index contributed by atoms with van der Waals surface area (Å²) in [6, 6.07) is 9.01. The number of piperidine rings is 1. The number of nitrogens with zero attached hydrogens (tertiary/aromatic N) is 1. The summed E-state index contributed by atoms with van der Waals surface area (Å²) in [7, 11) is -3.05.